The number of rotatable bonds is 4. The molecular weight excluding hydrogens is 310 g/mol. The van der Waals surface area contributed by atoms with Crippen LogP contribution in [-0.2, 0) is 11.2 Å². The molecule has 0 saturated carbocycles. The van der Waals surface area contributed by atoms with Gasteiger partial charge in [0.1, 0.15) is 5.82 Å². The number of carbonyl (C=O) groups is 1. The minimum Gasteiger partial charge on any atom is -0.341 e. The van der Waals surface area contributed by atoms with Crippen molar-refractivity contribution in [2.45, 2.75) is 25.6 Å². The zero-order valence-corrected chi connectivity index (χ0v) is 12.3. The molecule has 0 spiro atoms. The van der Waals surface area contributed by atoms with Crippen molar-refractivity contribution in [2.75, 3.05) is 0 Å². The van der Waals surface area contributed by atoms with Crippen molar-refractivity contribution < 1.29 is 22.4 Å². The van der Waals surface area contributed by atoms with Gasteiger partial charge in [-0.15, -0.1) is 0 Å². The standard InChI is InChI=1S/C17H15F4NO/c1-11-4-2-3-5-13(11)10-15(23)22-16(17(19,20)21)12-6-8-14(18)9-7-12/h2-9,16H,10H2,1H3,(H,22,23). The monoisotopic (exact) mass is 325 g/mol. The van der Waals surface area contributed by atoms with Crippen molar-refractivity contribution in [1.82, 2.24) is 5.32 Å². The van der Waals surface area contributed by atoms with Gasteiger partial charge < -0.3 is 5.32 Å². The lowest BCUT2D eigenvalue weighted by atomic mass is 10.0. The summed E-state index contributed by atoms with van der Waals surface area (Å²) in [5, 5.41) is 1.98. The molecule has 6 heteroatoms. The highest BCUT2D eigenvalue weighted by molar-refractivity contribution is 5.79. The molecule has 0 aliphatic carbocycles. The average Bonchev–Trinajstić information content (AvgIpc) is 2.47. The maximum Gasteiger partial charge on any atom is 0.412 e. The fourth-order valence-electron chi connectivity index (χ4n) is 2.20. The largest absolute Gasteiger partial charge is 0.412 e. The Hall–Kier alpha value is -2.37. The molecule has 1 unspecified atom stereocenters. The molecule has 1 atom stereocenters. The van der Waals surface area contributed by atoms with E-state index in [1.165, 1.54) is 0 Å². The summed E-state index contributed by atoms with van der Waals surface area (Å²) >= 11 is 0. The van der Waals surface area contributed by atoms with Crippen LogP contribution in [0.15, 0.2) is 48.5 Å². The lowest BCUT2D eigenvalue weighted by molar-refractivity contribution is -0.163. The van der Waals surface area contributed by atoms with Crippen molar-refractivity contribution in [3.8, 4) is 0 Å². The highest BCUT2D eigenvalue weighted by atomic mass is 19.4. The number of halogens is 4. The topological polar surface area (TPSA) is 29.1 Å². The van der Waals surface area contributed by atoms with E-state index in [-0.39, 0.29) is 12.0 Å². The predicted octanol–water partition coefficient (Wildman–Crippen LogP) is 4.10. The molecular formula is C17H15F4NO. The van der Waals surface area contributed by atoms with Gasteiger partial charge in [0.05, 0.1) is 6.42 Å². The first kappa shape index (κ1) is 17.0. The Kier molecular flexibility index (Phi) is 5.03. The molecule has 2 nitrogen and oxygen atoms in total. The molecule has 0 fully saturated rings. The molecule has 1 N–H and O–H groups in total. The van der Waals surface area contributed by atoms with Gasteiger partial charge in [-0.25, -0.2) is 4.39 Å². The van der Waals surface area contributed by atoms with Gasteiger partial charge in [-0.3, -0.25) is 4.79 Å². The predicted molar refractivity (Wildman–Crippen MR) is 78.2 cm³/mol. The molecule has 2 aromatic rings. The summed E-state index contributed by atoms with van der Waals surface area (Å²) in [5.41, 5.74) is 1.27. The summed E-state index contributed by atoms with van der Waals surface area (Å²) in [7, 11) is 0. The summed E-state index contributed by atoms with van der Waals surface area (Å²) in [4.78, 5) is 12.0. The van der Waals surface area contributed by atoms with Crippen molar-refractivity contribution in [3.05, 3.63) is 71.0 Å². The summed E-state index contributed by atoms with van der Waals surface area (Å²) in [6.07, 6.45) is -4.82. The molecule has 0 bridgehead atoms. The van der Waals surface area contributed by atoms with E-state index in [1.54, 1.807) is 31.2 Å². The van der Waals surface area contributed by atoms with Gasteiger partial charge in [-0.05, 0) is 35.7 Å². The van der Waals surface area contributed by atoms with Crippen molar-refractivity contribution in [2.24, 2.45) is 0 Å². The van der Waals surface area contributed by atoms with Gasteiger partial charge in [-0.2, -0.15) is 13.2 Å². The number of amides is 1. The van der Waals surface area contributed by atoms with Gasteiger partial charge in [0.2, 0.25) is 5.91 Å². The second-order valence-corrected chi connectivity index (χ2v) is 5.20. The van der Waals surface area contributed by atoms with Gasteiger partial charge >= 0.3 is 6.18 Å². The molecule has 0 aliphatic rings. The number of alkyl halides is 3. The number of aryl methyl sites for hydroxylation is 1. The normalized spacial score (nSPS) is 12.7. The van der Waals surface area contributed by atoms with E-state index in [0.29, 0.717) is 5.56 Å². The molecule has 2 aromatic carbocycles. The summed E-state index contributed by atoms with van der Waals surface area (Å²) < 4.78 is 52.4. The van der Waals surface area contributed by atoms with Crippen LogP contribution in [0.3, 0.4) is 0 Å². The summed E-state index contributed by atoms with van der Waals surface area (Å²) in [6.45, 7) is 1.78. The minimum atomic E-state index is -4.67. The molecule has 23 heavy (non-hydrogen) atoms. The highest BCUT2D eigenvalue weighted by Crippen LogP contribution is 2.32. The van der Waals surface area contributed by atoms with Crippen LogP contribution in [0.5, 0.6) is 0 Å². The van der Waals surface area contributed by atoms with Gasteiger partial charge in [-0.1, -0.05) is 36.4 Å². The second kappa shape index (κ2) is 6.81. The first-order chi connectivity index (χ1) is 10.8. The Morgan fingerprint density at radius 3 is 2.26 bits per heavy atom. The van der Waals surface area contributed by atoms with Crippen LogP contribution in [0.4, 0.5) is 17.6 Å². The number of hydrogen-bond acceptors (Lipinski definition) is 1. The third-order valence-electron chi connectivity index (χ3n) is 3.45. The van der Waals surface area contributed by atoms with Gasteiger partial charge in [0.15, 0.2) is 6.04 Å². The third-order valence-corrected chi connectivity index (χ3v) is 3.45. The van der Waals surface area contributed by atoms with Crippen LogP contribution >= 0.6 is 0 Å². The zero-order chi connectivity index (χ0) is 17.0. The van der Waals surface area contributed by atoms with E-state index in [0.717, 1.165) is 29.8 Å². The van der Waals surface area contributed by atoms with E-state index >= 15 is 0 Å². The summed E-state index contributed by atoms with van der Waals surface area (Å²) in [6, 6.07) is 8.70. The van der Waals surface area contributed by atoms with E-state index < -0.39 is 23.9 Å². The number of benzene rings is 2. The summed E-state index contributed by atoms with van der Waals surface area (Å²) in [5.74, 6) is -1.38. The fourth-order valence-corrected chi connectivity index (χ4v) is 2.20. The van der Waals surface area contributed by atoms with Crippen LogP contribution in [0.2, 0.25) is 0 Å². The third kappa shape index (κ3) is 4.55. The quantitative estimate of drug-likeness (QED) is 0.843. The molecule has 1 amide bonds. The van der Waals surface area contributed by atoms with Gasteiger partial charge in [0.25, 0.3) is 0 Å². The van der Waals surface area contributed by atoms with Crippen LogP contribution in [0.25, 0.3) is 0 Å². The fraction of sp³-hybridized carbons (Fsp3) is 0.235. The average molecular weight is 325 g/mol. The lowest BCUT2D eigenvalue weighted by Gasteiger charge is -2.22. The van der Waals surface area contributed by atoms with Crippen molar-refractivity contribution >= 4 is 5.91 Å². The van der Waals surface area contributed by atoms with E-state index in [1.807, 2.05) is 5.32 Å². The number of hydrogen-bond donors (Lipinski definition) is 1. The maximum atomic E-state index is 13.2. The van der Waals surface area contributed by atoms with E-state index in [9.17, 15) is 22.4 Å². The van der Waals surface area contributed by atoms with Gasteiger partial charge in [0, 0.05) is 0 Å². The molecule has 0 saturated heterocycles. The molecule has 0 radical (unpaired) electrons. The molecule has 0 aromatic heterocycles. The number of nitrogens with one attached hydrogen (secondary N) is 1. The second-order valence-electron chi connectivity index (χ2n) is 5.20. The maximum absolute atomic E-state index is 13.2. The molecule has 0 heterocycles. The SMILES string of the molecule is Cc1ccccc1CC(=O)NC(c1ccc(F)cc1)C(F)(F)F. The Bertz CT molecular complexity index is 680. The molecule has 122 valence electrons. The van der Waals surface area contributed by atoms with Crippen LogP contribution in [0, 0.1) is 12.7 Å². The molecule has 0 aliphatic heterocycles. The van der Waals surface area contributed by atoms with E-state index in [2.05, 4.69) is 0 Å². The van der Waals surface area contributed by atoms with Crippen LogP contribution in [0.1, 0.15) is 22.7 Å². The Morgan fingerprint density at radius 1 is 1.09 bits per heavy atom. The highest BCUT2D eigenvalue weighted by Gasteiger charge is 2.41. The van der Waals surface area contributed by atoms with Crippen LogP contribution < -0.4 is 5.32 Å². The van der Waals surface area contributed by atoms with Crippen molar-refractivity contribution in [3.63, 3.8) is 0 Å². The van der Waals surface area contributed by atoms with Crippen molar-refractivity contribution in [1.29, 1.82) is 0 Å². The first-order valence-electron chi connectivity index (χ1n) is 6.93. The zero-order valence-electron chi connectivity index (χ0n) is 12.3. The first-order valence-corrected chi connectivity index (χ1v) is 6.93. The minimum absolute atomic E-state index is 0.152. The smallest absolute Gasteiger partial charge is 0.341 e. The lowest BCUT2D eigenvalue weighted by Crippen LogP contribution is -2.38. The van der Waals surface area contributed by atoms with E-state index in [4.69, 9.17) is 0 Å². The Morgan fingerprint density at radius 2 is 1.70 bits per heavy atom. The molecule has 2 rings (SSSR count). The Labute approximate surface area is 131 Å². The van der Waals surface area contributed by atoms with Crippen LogP contribution in [-0.4, -0.2) is 12.1 Å². The number of carbonyl (C=O) groups excluding carboxylic acids is 1. The Balaban J connectivity index is 2.17.